The van der Waals surface area contributed by atoms with E-state index in [0.717, 1.165) is 12.8 Å². The van der Waals surface area contributed by atoms with Crippen LogP contribution >= 0.6 is 0 Å². The molecule has 0 unspecified atom stereocenters. The molecule has 21 heavy (non-hydrogen) atoms. The molecule has 5 nitrogen and oxygen atoms in total. The normalized spacial score (nSPS) is 12.3. The number of rotatable bonds is 7. The van der Waals surface area contributed by atoms with Gasteiger partial charge in [-0.1, -0.05) is 0 Å². The molecule has 0 aliphatic rings. The van der Waals surface area contributed by atoms with E-state index in [0.29, 0.717) is 18.8 Å². The van der Waals surface area contributed by atoms with E-state index in [1.165, 1.54) is 24.3 Å². The quantitative estimate of drug-likeness (QED) is 0.462. The molecular formula is C13H18F3N3O2. The van der Waals surface area contributed by atoms with E-state index in [4.69, 9.17) is 10.5 Å². The molecule has 0 amide bonds. The molecule has 0 radical (unpaired) electrons. The number of hydrogen-bond acceptors (Lipinski definition) is 3. The Morgan fingerprint density at radius 2 is 1.90 bits per heavy atom. The van der Waals surface area contributed by atoms with Crippen LogP contribution in [0.15, 0.2) is 29.3 Å². The zero-order chi connectivity index (χ0) is 15.7. The van der Waals surface area contributed by atoms with Crippen LogP contribution in [0.3, 0.4) is 0 Å². The molecule has 0 saturated carbocycles. The summed E-state index contributed by atoms with van der Waals surface area (Å²) in [4.78, 5) is 4.09. The number of hydrogen-bond donors (Lipinski definition) is 2. The van der Waals surface area contributed by atoms with Gasteiger partial charge in [-0.05, 0) is 37.1 Å². The number of methoxy groups -OCH3 is 1. The molecule has 0 spiro atoms. The van der Waals surface area contributed by atoms with Crippen LogP contribution in [0.25, 0.3) is 0 Å². The Bertz CT molecular complexity index is 447. The standard InChI is InChI=1S/C13H18F3N3O2/c1-20-9-3-2-8-18-12(17)19-10-4-6-11(7-5-10)21-13(14,15)16/h4-7H,2-3,8-9H2,1H3,(H3,17,18,19). The van der Waals surface area contributed by atoms with Crippen molar-refractivity contribution >= 4 is 11.6 Å². The van der Waals surface area contributed by atoms with Crippen molar-refractivity contribution in [2.75, 3.05) is 25.6 Å². The van der Waals surface area contributed by atoms with Crippen LogP contribution in [-0.2, 0) is 4.74 Å². The van der Waals surface area contributed by atoms with Gasteiger partial charge >= 0.3 is 6.36 Å². The van der Waals surface area contributed by atoms with Crippen LogP contribution in [0.4, 0.5) is 18.9 Å². The third-order valence-electron chi connectivity index (χ3n) is 2.40. The smallest absolute Gasteiger partial charge is 0.406 e. The Morgan fingerprint density at radius 1 is 1.24 bits per heavy atom. The van der Waals surface area contributed by atoms with Crippen LogP contribution < -0.4 is 15.8 Å². The highest BCUT2D eigenvalue weighted by Gasteiger charge is 2.30. The van der Waals surface area contributed by atoms with E-state index < -0.39 is 6.36 Å². The van der Waals surface area contributed by atoms with Crippen molar-refractivity contribution in [2.45, 2.75) is 19.2 Å². The third-order valence-corrected chi connectivity index (χ3v) is 2.40. The van der Waals surface area contributed by atoms with Gasteiger partial charge in [-0.15, -0.1) is 13.2 Å². The van der Waals surface area contributed by atoms with Crippen molar-refractivity contribution < 1.29 is 22.6 Å². The van der Waals surface area contributed by atoms with Gasteiger partial charge in [0.05, 0.1) is 0 Å². The molecule has 1 rings (SSSR count). The fourth-order valence-corrected chi connectivity index (χ4v) is 1.49. The van der Waals surface area contributed by atoms with Gasteiger partial charge in [-0.25, -0.2) is 0 Å². The minimum Gasteiger partial charge on any atom is -0.406 e. The van der Waals surface area contributed by atoms with Crippen molar-refractivity contribution in [1.29, 1.82) is 0 Å². The van der Waals surface area contributed by atoms with Gasteiger partial charge in [-0.2, -0.15) is 0 Å². The highest BCUT2D eigenvalue weighted by Crippen LogP contribution is 2.23. The van der Waals surface area contributed by atoms with Gasteiger partial charge in [0.25, 0.3) is 0 Å². The first-order valence-electron chi connectivity index (χ1n) is 6.32. The number of alkyl halides is 3. The van der Waals surface area contributed by atoms with E-state index in [1.54, 1.807) is 7.11 Å². The van der Waals surface area contributed by atoms with Crippen LogP contribution in [-0.4, -0.2) is 32.6 Å². The van der Waals surface area contributed by atoms with Crippen LogP contribution in [0.1, 0.15) is 12.8 Å². The first-order valence-corrected chi connectivity index (χ1v) is 6.32. The summed E-state index contributed by atoms with van der Waals surface area (Å²) in [7, 11) is 1.63. The molecule has 0 aromatic heterocycles. The maximum absolute atomic E-state index is 12.0. The summed E-state index contributed by atoms with van der Waals surface area (Å²) in [6.45, 7) is 1.22. The minimum absolute atomic E-state index is 0.205. The second kappa shape index (κ2) is 8.35. The molecule has 0 aliphatic carbocycles. The lowest BCUT2D eigenvalue weighted by molar-refractivity contribution is -0.274. The fraction of sp³-hybridized carbons (Fsp3) is 0.462. The summed E-state index contributed by atoms with van der Waals surface area (Å²) in [5, 5.41) is 2.78. The summed E-state index contributed by atoms with van der Waals surface area (Å²) in [5.74, 6) is -0.0833. The number of ether oxygens (including phenoxy) is 2. The van der Waals surface area contributed by atoms with Crippen molar-refractivity contribution in [1.82, 2.24) is 0 Å². The van der Waals surface area contributed by atoms with Crippen LogP contribution in [0, 0.1) is 0 Å². The number of halogens is 3. The Morgan fingerprint density at radius 3 is 2.48 bits per heavy atom. The van der Waals surface area contributed by atoms with E-state index in [9.17, 15) is 13.2 Å². The Labute approximate surface area is 120 Å². The third kappa shape index (κ3) is 8.03. The molecule has 0 fully saturated rings. The van der Waals surface area contributed by atoms with E-state index in [1.807, 2.05) is 0 Å². The topological polar surface area (TPSA) is 68.9 Å². The Kier molecular flexibility index (Phi) is 6.80. The summed E-state index contributed by atoms with van der Waals surface area (Å²) < 4.78 is 44.6. The molecule has 0 bridgehead atoms. The van der Waals surface area contributed by atoms with E-state index in [-0.39, 0.29) is 11.7 Å². The van der Waals surface area contributed by atoms with Gasteiger partial charge in [0.1, 0.15) is 5.75 Å². The largest absolute Gasteiger partial charge is 0.573 e. The van der Waals surface area contributed by atoms with Crippen LogP contribution in [0.5, 0.6) is 5.75 Å². The first-order chi connectivity index (χ1) is 9.90. The maximum Gasteiger partial charge on any atom is 0.573 e. The monoisotopic (exact) mass is 305 g/mol. The molecule has 1 aromatic rings. The number of nitrogens with zero attached hydrogens (tertiary/aromatic N) is 1. The molecule has 0 heterocycles. The predicted octanol–water partition coefficient (Wildman–Crippen LogP) is 2.74. The summed E-state index contributed by atoms with van der Waals surface area (Å²) in [6.07, 6.45) is -2.97. The van der Waals surface area contributed by atoms with Crippen molar-refractivity contribution in [3.8, 4) is 5.75 Å². The van der Waals surface area contributed by atoms with Crippen LogP contribution in [0.2, 0.25) is 0 Å². The number of guanidine groups is 1. The molecule has 118 valence electrons. The zero-order valence-corrected chi connectivity index (χ0v) is 11.6. The zero-order valence-electron chi connectivity index (χ0n) is 11.6. The van der Waals surface area contributed by atoms with Crippen molar-refractivity contribution in [3.63, 3.8) is 0 Å². The molecule has 0 aliphatic heterocycles. The number of unbranched alkanes of at least 4 members (excludes halogenated alkanes) is 1. The Hall–Kier alpha value is -1.96. The maximum atomic E-state index is 12.0. The van der Waals surface area contributed by atoms with Gasteiger partial charge in [0.2, 0.25) is 0 Å². The Balaban J connectivity index is 2.42. The second-order valence-electron chi connectivity index (χ2n) is 4.16. The van der Waals surface area contributed by atoms with Crippen molar-refractivity contribution in [3.05, 3.63) is 24.3 Å². The molecule has 0 saturated heterocycles. The van der Waals surface area contributed by atoms with Crippen molar-refractivity contribution in [2.24, 2.45) is 10.7 Å². The minimum atomic E-state index is -4.70. The number of nitrogens with two attached hydrogens (primary N) is 1. The fourth-order valence-electron chi connectivity index (χ4n) is 1.49. The average molecular weight is 305 g/mol. The lowest BCUT2D eigenvalue weighted by Crippen LogP contribution is -2.23. The predicted molar refractivity (Wildman–Crippen MR) is 74.3 cm³/mol. The number of nitrogens with one attached hydrogen (secondary N) is 1. The van der Waals surface area contributed by atoms with Gasteiger partial charge in [-0.3, -0.25) is 4.99 Å². The highest BCUT2D eigenvalue weighted by molar-refractivity contribution is 5.92. The lowest BCUT2D eigenvalue weighted by atomic mass is 10.3. The van der Waals surface area contributed by atoms with E-state index in [2.05, 4.69) is 15.0 Å². The number of aliphatic imine (C=N–C) groups is 1. The van der Waals surface area contributed by atoms with Gasteiger partial charge in [0, 0.05) is 25.9 Å². The summed E-state index contributed by atoms with van der Waals surface area (Å²) in [5.41, 5.74) is 6.19. The molecule has 1 aromatic carbocycles. The SMILES string of the molecule is COCCCCN=C(N)Nc1ccc(OC(F)(F)F)cc1. The molecule has 0 atom stereocenters. The summed E-state index contributed by atoms with van der Waals surface area (Å²) >= 11 is 0. The lowest BCUT2D eigenvalue weighted by Gasteiger charge is -2.10. The summed E-state index contributed by atoms with van der Waals surface area (Å²) in [6, 6.07) is 5.24. The second-order valence-corrected chi connectivity index (χ2v) is 4.16. The van der Waals surface area contributed by atoms with Gasteiger partial charge < -0.3 is 20.5 Å². The van der Waals surface area contributed by atoms with E-state index >= 15 is 0 Å². The highest BCUT2D eigenvalue weighted by atomic mass is 19.4. The number of anilines is 1. The molecular weight excluding hydrogens is 287 g/mol. The number of benzene rings is 1. The first kappa shape index (κ1) is 17.1. The molecule has 8 heteroatoms. The molecule has 3 N–H and O–H groups in total. The average Bonchev–Trinajstić information content (AvgIpc) is 2.39. The van der Waals surface area contributed by atoms with Gasteiger partial charge in [0.15, 0.2) is 5.96 Å².